The van der Waals surface area contributed by atoms with Crippen molar-refractivity contribution >= 4 is 0 Å². The van der Waals surface area contributed by atoms with Crippen LogP contribution in [0.25, 0.3) is 0 Å². The summed E-state index contributed by atoms with van der Waals surface area (Å²) in [5.74, 6) is 0.710. The van der Waals surface area contributed by atoms with Gasteiger partial charge in [0.25, 0.3) is 0 Å². The van der Waals surface area contributed by atoms with Crippen LogP contribution in [0.4, 0.5) is 0 Å². The van der Waals surface area contributed by atoms with Gasteiger partial charge in [0.05, 0.1) is 13.2 Å². The number of benzene rings is 1. The summed E-state index contributed by atoms with van der Waals surface area (Å²) in [7, 11) is 0. The third-order valence-electron chi connectivity index (χ3n) is 3.04. The summed E-state index contributed by atoms with van der Waals surface area (Å²) >= 11 is 0. The highest BCUT2D eigenvalue weighted by Gasteiger charge is 2.04. The summed E-state index contributed by atoms with van der Waals surface area (Å²) in [6.45, 7) is 7.23. The molecule has 1 aromatic carbocycles. The molecule has 0 aliphatic heterocycles. The predicted molar refractivity (Wildman–Crippen MR) is 76.2 cm³/mol. The van der Waals surface area contributed by atoms with Gasteiger partial charge in [-0.3, -0.25) is 4.68 Å². The van der Waals surface area contributed by atoms with Crippen molar-refractivity contribution < 1.29 is 9.84 Å². The standard InChI is InChI=1S/C15H20N2O2/c1-4-19-15-9-13(7-8-14(15)18)10-16-17-11(2)5-6-12(17)3/h5-9,16,18H,4,10H2,1-3H3. The van der Waals surface area contributed by atoms with Gasteiger partial charge in [-0.05, 0) is 50.6 Å². The Kier molecular flexibility index (Phi) is 4.00. The molecule has 1 heterocycles. The van der Waals surface area contributed by atoms with E-state index in [4.69, 9.17) is 4.74 Å². The molecule has 0 radical (unpaired) electrons. The van der Waals surface area contributed by atoms with Crippen LogP contribution in [0.2, 0.25) is 0 Å². The van der Waals surface area contributed by atoms with E-state index in [1.165, 1.54) is 11.4 Å². The Balaban J connectivity index is 2.09. The molecule has 4 nitrogen and oxygen atoms in total. The maximum absolute atomic E-state index is 9.66. The van der Waals surface area contributed by atoms with E-state index in [0.29, 0.717) is 18.9 Å². The molecule has 0 spiro atoms. The first-order chi connectivity index (χ1) is 9.11. The van der Waals surface area contributed by atoms with Crippen molar-refractivity contribution in [3.63, 3.8) is 0 Å². The molecule has 2 rings (SSSR count). The Labute approximate surface area is 113 Å². The molecule has 0 saturated heterocycles. The van der Waals surface area contributed by atoms with E-state index in [9.17, 15) is 5.11 Å². The minimum atomic E-state index is 0.180. The third kappa shape index (κ3) is 3.02. The second kappa shape index (κ2) is 5.69. The molecule has 0 bridgehead atoms. The molecule has 4 heteroatoms. The molecule has 19 heavy (non-hydrogen) atoms. The second-order valence-corrected chi connectivity index (χ2v) is 4.52. The zero-order valence-electron chi connectivity index (χ0n) is 11.6. The molecule has 0 unspecified atom stereocenters. The highest BCUT2D eigenvalue weighted by molar-refractivity contribution is 5.42. The lowest BCUT2D eigenvalue weighted by Crippen LogP contribution is -2.16. The quantitative estimate of drug-likeness (QED) is 0.869. The lowest BCUT2D eigenvalue weighted by atomic mass is 10.2. The van der Waals surface area contributed by atoms with Gasteiger partial charge >= 0.3 is 0 Å². The minimum Gasteiger partial charge on any atom is -0.504 e. The Bertz CT molecular complexity index is 542. The molecule has 0 aliphatic carbocycles. The average Bonchev–Trinajstić information content (AvgIpc) is 2.70. The number of nitrogens with zero attached hydrogens (tertiary/aromatic N) is 1. The zero-order valence-corrected chi connectivity index (χ0v) is 11.6. The van der Waals surface area contributed by atoms with E-state index in [0.717, 1.165) is 5.56 Å². The first-order valence-electron chi connectivity index (χ1n) is 6.45. The van der Waals surface area contributed by atoms with Gasteiger partial charge < -0.3 is 15.3 Å². The van der Waals surface area contributed by atoms with Crippen molar-refractivity contribution in [2.24, 2.45) is 0 Å². The van der Waals surface area contributed by atoms with Crippen LogP contribution >= 0.6 is 0 Å². The number of ether oxygens (including phenoxy) is 1. The van der Waals surface area contributed by atoms with Crippen molar-refractivity contribution in [1.82, 2.24) is 4.68 Å². The van der Waals surface area contributed by atoms with Crippen LogP contribution in [0, 0.1) is 13.8 Å². The van der Waals surface area contributed by atoms with Crippen molar-refractivity contribution in [1.29, 1.82) is 0 Å². The number of nitrogens with one attached hydrogen (secondary N) is 1. The Hall–Kier alpha value is -2.10. The Morgan fingerprint density at radius 1 is 1.16 bits per heavy atom. The zero-order chi connectivity index (χ0) is 13.8. The van der Waals surface area contributed by atoms with Gasteiger partial charge in [-0.2, -0.15) is 0 Å². The normalized spacial score (nSPS) is 10.5. The number of aromatic nitrogens is 1. The van der Waals surface area contributed by atoms with Crippen LogP contribution in [0.15, 0.2) is 30.3 Å². The summed E-state index contributed by atoms with van der Waals surface area (Å²) < 4.78 is 7.43. The van der Waals surface area contributed by atoms with Crippen LogP contribution in [0.1, 0.15) is 23.9 Å². The van der Waals surface area contributed by atoms with E-state index in [-0.39, 0.29) is 5.75 Å². The molecule has 102 valence electrons. The monoisotopic (exact) mass is 260 g/mol. The van der Waals surface area contributed by atoms with E-state index in [2.05, 4.69) is 31.4 Å². The molecular formula is C15H20N2O2. The largest absolute Gasteiger partial charge is 0.504 e. The summed E-state index contributed by atoms with van der Waals surface area (Å²) in [4.78, 5) is 0. The highest BCUT2D eigenvalue weighted by atomic mass is 16.5. The first-order valence-corrected chi connectivity index (χ1v) is 6.45. The van der Waals surface area contributed by atoms with Crippen molar-refractivity contribution in [3.05, 3.63) is 47.3 Å². The van der Waals surface area contributed by atoms with Crippen molar-refractivity contribution in [2.75, 3.05) is 12.0 Å². The number of aromatic hydroxyl groups is 1. The van der Waals surface area contributed by atoms with Crippen LogP contribution in [-0.4, -0.2) is 16.4 Å². The number of hydrogen-bond donors (Lipinski definition) is 2. The van der Waals surface area contributed by atoms with Crippen LogP contribution in [-0.2, 0) is 6.54 Å². The van der Waals surface area contributed by atoms with Gasteiger partial charge in [0.15, 0.2) is 11.5 Å². The molecule has 2 aromatic rings. The first kappa shape index (κ1) is 13.3. The van der Waals surface area contributed by atoms with Gasteiger partial charge in [-0.1, -0.05) is 6.07 Å². The van der Waals surface area contributed by atoms with Crippen molar-refractivity contribution in [3.8, 4) is 11.5 Å². The van der Waals surface area contributed by atoms with E-state index < -0.39 is 0 Å². The van der Waals surface area contributed by atoms with Gasteiger partial charge in [0.2, 0.25) is 0 Å². The fourth-order valence-electron chi connectivity index (χ4n) is 2.03. The average molecular weight is 260 g/mol. The summed E-state index contributed by atoms with van der Waals surface area (Å²) in [6, 6.07) is 9.56. The topological polar surface area (TPSA) is 46.4 Å². The summed E-state index contributed by atoms with van der Waals surface area (Å²) in [5.41, 5.74) is 6.75. The van der Waals surface area contributed by atoms with Crippen LogP contribution < -0.4 is 10.2 Å². The van der Waals surface area contributed by atoms with Crippen LogP contribution in [0.3, 0.4) is 0 Å². The number of rotatable bonds is 5. The molecule has 2 N–H and O–H groups in total. The van der Waals surface area contributed by atoms with Gasteiger partial charge in [0, 0.05) is 11.4 Å². The highest BCUT2D eigenvalue weighted by Crippen LogP contribution is 2.26. The lowest BCUT2D eigenvalue weighted by molar-refractivity contribution is 0.318. The molecule has 0 aliphatic rings. The fraction of sp³-hybridized carbons (Fsp3) is 0.333. The predicted octanol–water partition coefficient (Wildman–Crippen LogP) is 2.95. The van der Waals surface area contributed by atoms with Gasteiger partial charge in [-0.25, -0.2) is 0 Å². The number of phenolic OH excluding ortho intramolecular Hbond substituents is 1. The Morgan fingerprint density at radius 2 is 1.84 bits per heavy atom. The summed E-state index contributed by atoms with van der Waals surface area (Å²) in [5, 5.41) is 9.66. The fourth-order valence-corrected chi connectivity index (χ4v) is 2.03. The molecular weight excluding hydrogens is 240 g/mol. The SMILES string of the molecule is CCOc1cc(CNn2c(C)ccc2C)ccc1O. The minimum absolute atomic E-state index is 0.180. The van der Waals surface area contributed by atoms with E-state index in [1.807, 2.05) is 23.7 Å². The smallest absolute Gasteiger partial charge is 0.161 e. The van der Waals surface area contributed by atoms with Gasteiger partial charge in [-0.15, -0.1) is 0 Å². The van der Waals surface area contributed by atoms with E-state index >= 15 is 0 Å². The summed E-state index contributed by atoms with van der Waals surface area (Å²) in [6.07, 6.45) is 0. The van der Waals surface area contributed by atoms with Crippen molar-refractivity contribution in [2.45, 2.75) is 27.3 Å². The molecule has 0 amide bonds. The number of aryl methyl sites for hydroxylation is 2. The lowest BCUT2D eigenvalue weighted by Gasteiger charge is -2.14. The Morgan fingerprint density at radius 3 is 2.47 bits per heavy atom. The third-order valence-corrected chi connectivity index (χ3v) is 3.04. The second-order valence-electron chi connectivity index (χ2n) is 4.52. The van der Waals surface area contributed by atoms with Crippen LogP contribution in [0.5, 0.6) is 11.5 Å². The molecule has 0 saturated carbocycles. The number of phenols is 1. The molecule has 0 fully saturated rings. The maximum Gasteiger partial charge on any atom is 0.161 e. The van der Waals surface area contributed by atoms with E-state index in [1.54, 1.807) is 6.07 Å². The molecule has 1 aromatic heterocycles. The van der Waals surface area contributed by atoms with Gasteiger partial charge in [0.1, 0.15) is 0 Å². The maximum atomic E-state index is 9.66. The molecule has 0 atom stereocenters. The number of hydrogen-bond acceptors (Lipinski definition) is 3.